The molecule has 2 aromatic rings. The number of aldehydes is 1. The van der Waals surface area contributed by atoms with Crippen molar-refractivity contribution in [2.75, 3.05) is 55.3 Å². The molecule has 0 bridgehead atoms. The van der Waals surface area contributed by atoms with Crippen molar-refractivity contribution >= 4 is 40.9 Å². The van der Waals surface area contributed by atoms with E-state index in [4.69, 9.17) is 11.6 Å². The summed E-state index contributed by atoms with van der Waals surface area (Å²) >= 11 is 5.55. The van der Waals surface area contributed by atoms with E-state index in [-0.39, 0.29) is 12.3 Å². The number of halogens is 3. The highest BCUT2D eigenvalue weighted by atomic mass is 35.5. The SMILES string of the molecule is CNc1ccc(NC(=O)CCN2CCN(c3cc(F)c(Cl)c(F)c3)CC2)cc1CC=O. The number of hydrogen-bond acceptors (Lipinski definition) is 5. The van der Waals surface area contributed by atoms with Gasteiger partial charge >= 0.3 is 0 Å². The Balaban J connectivity index is 1.48. The number of hydrogen-bond donors (Lipinski definition) is 2. The molecule has 9 heteroatoms. The molecule has 0 spiro atoms. The first-order valence-corrected chi connectivity index (χ1v) is 10.4. The van der Waals surface area contributed by atoms with Gasteiger partial charge in [-0.1, -0.05) is 11.6 Å². The van der Waals surface area contributed by atoms with Gasteiger partial charge in [-0.05, 0) is 35.9 Å². The number of piperazine rings is 1. The predicted octanol–water partition coefficient (Wildman–Crippen LogP) is 3.55. The average molecular weight is 451 g/mol. The third kappa shape index (κ3) is 5.92. The topological polar surface area (TPSA) is 64.7 Å². The second kappa shape index (κ2) is 10.5. The second-order valence-corrected chi connectivity index (χ2v) is 7.72. The summed E-state index contributed by atoms with van der Waals surface area (Å²) in [7, 11) is 1.78. The Morgan fingerprint density at radius 2 is 1.81 bits per heavy atom. The molecule has 0 unspecified atom stereocenters. The Morgan fingerprint density at radius 1 is 1.13 bits per heavy atom. The molecule has 0 radical (unpaired) electrons. The lowest BCUT2D eigenvalue weighted by atomic mass is 10.1. The summed E-state index contributed by atoms with van der Waals surface area (Å²) in [5.41, 5.74) is 2.79. The molecule has 1 fully saturated rings. The fourth-order valence-corrected chi connectivity index (χ4v) is 3.72. The van der Waals surface area contributed by atoms with E-state index < -0.39 is 16.7 Å². The molecule has 1 aliphatic rings. The fraction of sp³-hybridized carbons (Fsp3) is 0.364. The summed E-state index contributed by atoms with van der Waals surface area (Å²) in [6, 6.07) is 7.90. The number of carbonyl (C=O) groups excluding carboxylic acids is 2. The molecule has 3 rings (SSSR count). The summed E-state index contributed by atoms with van der Waals surface area (Å²) in [6.07, 6.45) is 1.42. The van der Waals surface area contributed by atoms with Crippen LogP contribution in [0, 0.1) is 11.6 Å². The number of anilines is 3. The lowest BCUT2D eigenvalue weighted by Crippen LogP contribution is -2.47. The maximum absolute atomic E-state index is 13.7. The Labute approximate surface area is 185 Å². The molecule has 1 heterocycles. The minimum Gasteiger partial charge on any atom is -0.388 e. The van der Waals surface area contributed by atoms with Gasteiger partial charge < -0.3 is 20.3 Å². The Bertz CT molecular complexity index is 926. The quantitative estimate of drug-likeness (QED) is 0.475. The van der Waals surface area contributed by atoms with Gasteiger partial charge in [0.1, 0.15) is 22.9 Å². The fourth-order valence-electron chi connectivity index (χ4n) is 3.61. The van der Waals surface area contributed by atoms with Crippen LogP contribution >= 0.6 is 11.6 Å². The van der Waals surface area contributed by atoms with E-state index in [2.05, 4.69) is 15.5 Å². The number of amides is 1. The van der Waals surface area contributed by atoms with Crippen molar-refractivity contribution in [2.45, 2.75) is 12.8 Å². The van der Waals surface area contributed by atoms with Gasteiger partial charge in [-0.2, -0.15) is 0 Å². The standard InChI is InChI=1S/C22H25ClF2N4O2/c1-26-20-3-2-16(12-15(20)5-11-30)27-21(31)4-6-28-7-9-29(10-8-28)17-13-18(24)22(23)19(25)14-17/h2-3,11-14,26H,4-10H2,1H3,(H,27,31). The van der Waals surface area contributed by atoms with Crippen molar-refractivity contribution in [3.63, 3.8) is 0 Å². The van der Waals surface area contributed by atoms with Crippen molar-refractivity contribution < 1.29 is 18.4 Å². The van der Waals surface area contributed by atoms with Gasteiger partial charge in [0.15, 0.2) is 0 Å². The Morgan fingerprint density at radius 3 is 2.42 bits per heavy atom. The molecule has 0 aromatic heterocycles. The minimum absolute atomic E-state index is 0.112. The van der Waals surface area contributed by atoms with Crippen LogP contribution in [0.25, 0.3) is 0 Å². The molecule has 166 valence electrons. The van der Waals surface area contributed by atoms with E-state index in [1.807, 2.05) is 11.0 Å². The number of rotatable bonds is 8. The van der Waals surface area contributed by atoms with Gasteiger partial charge in [0.2, 0.25) is 5.91 Å². The Kier molecular flexibility index (Phi) is 7.81. The monoisotopic (exact) mass is 450 g/mol. The van der Waals surface area contributed by atoms with Crippen molar-refractivity contribution in [1.29, 1.82) is 0 Å². The molecule has 0 aliphatic carbocycles. The lowest BCUT2D eigenvalue weighted by Gasteiger charge is -2.36. The lowest BCUT2D eigenvalue weighted by molar-refractivity contribution is -0.116. The van der Waals surface area contributed by atoms with Crippen molar-refractivity contribution in [3.8, 4) is 0 Å². The summed E-state index contributed by atoms with van der Waals surface area (Å²) < 4.78 is 27.4. The van der Waals surface area contributed by atoms with Crippen molar-refractivity contribution in [1.82, 2.24) is 4.90 Å². The van der Waals surface area contributed by atoms with E-state index in [0.717, 1.165) is 17.5 Å². The van der Waals surface area contributed by atoms with Crippen LogP contribution in [0.2, 0.25) is 5.02 Å². The van der Waals surface area contributed by atoms with Crippen LogP contribution in [0.3, 0.4) is 0 Å². The van der Waals surface area contributed by atoms with Crippen LogP contribution < -0.4 is 15.5 Å². The summed E-state index contributed by atoms with van der Waals surface area (Å²) in [5, 5.41) is 5.40. The van der Waals surface area contributed by atoms with E-state index in [1.165, 1.54) is 12.1 Å². The molecule has 0 saturated carbocycles. The number of carbonyl (C=O) groups is 2. The van der Waals surface area contributed by atoms with Crippen LogP contribution in [0.5, 0.6) is 0 Å². The van der Waals surface area contributed by atoms with Crippen molar-refractivity contribution in [2.24, 2.45) is 0 Å². The molecular weight excluding hydrogens is 426 g/mol. The molecule has 1 amide bonds. The van der Waals surface area contributed by atoms with E-state index in [1.54, 1.807) is 19.2 Å². The van der Waals surface area contributed by atoms with Crippen LogP contribution in [0.1, 0.15) is 12.0 Å². The average Bonchev–Trinajstić information content (AvgIpc) is 2.76. The zero-order valence-corrected chi connectivity index (χ0v) is 18.0. The molecule has 0 atom stereocenters. The first kappa shape index (κ1) is 23.0. The van der Waals surface area contributed by atoms with Gasteiger partial charge in [0.05, 0.1) is 0 Å². The molecule has 1 saturated heterocycles. The van der Waals surface area contributed by atoms with E-state index in [9.17, 15) is 18.4 Å². The number of nitrogens with zero attached hydrogens (tertiary/aromatic N) is 2. The predicted molar refractivity (Wildman–Crippen MR) is 119 cm³/mol. The van der Waals surface area contributed by atoms with Gasteiger partial charge in [0.25, 0.3) is 0 Å². The number of benzene rings is 2. The van der Waals surface area contributed by atoms with Crippen molar-refractivity contribution in [3.05, 3.63) is 52.6 Å². The smallest absolute Gasteiger partial charge is 0.225 e. The zero-order valence-electron chi connectivity index (χ0n) is 17.3. The molecular formula is C22H25ClF2N4O2. The van der Waals surface area contributed by atoms with Crippen LogP contribution in [-0.2, 0) is 16.0 Å². The normalized spacial score (nSPS) is 14.4. The van der Waals surface area contributed by atoms with Crippen LogP contribution in [-0.4, -0.2) is 56.9 Å². The molecule has 2 N–H and O–H groups in total. The largest absolute Gasteiger partial charge is 0.388 e. The zero-order chi connectivity index (χ0) is 22.4. The first-order chi connectivity index (χ1) is 14.9. The van der Waals surface area contributed by atoms with Crippen LogP contribution in [0.15, 0.2) is 30.3 Å². The maximum atomic E-state index is 13.7. The highest BCUT2D eigenvalue weighted by Crippen LogP contribution is 2.26. The minimum atomic E-state index is -0.769. The molecule has 6 nitrogen and oxygen atoms in total. The van der Waals surface area contributed by atoms with Gasteiger partial charge in [0, 0.05) is 69.7 Å². The molecule has 31 heavy (non-hydrogen) atoms. The molecule has 2 aromatic carbocycles. The summed E-state index contributed by atoms with van der Waals surface area (Å²) in [5.74, 6) is -1.65. The van der Waals surface area contributed by atoms with E-state index >= 15 is 0 Å². The summed E-state index contributed by atoms with van der Waals surface area (Å²) in [6.45, 7) is 3.14. The highest BCUT2D eigenvalue weighted by Gasteiger charge is 2.20. The Hall–Kier alpha value is -2.71. The van der Waals surface area contributed by atoms with Gasteiger partial charge in [-0.25, -0.2) is 8.78 Å². The van der Waals surface area contributed by atoms with E-state index in [0.29, 0.717) is 50.5 Å². The van der Waals surface area contributed by atoms with Gasteiger partial charge in [-0.15, -0.1) is 0 Å². The molecule has 1 aliphatic heterocycles. The third-order valence-electron chi connectivity index (χ3n) is 5.32. The highest BCUT2D eigenvalue weighted by molar-refractivity contribution is 6.31. The second-order valence-electron chi connectivity index (χ2n) is 7.34. The van der Waals surface area contributed by atoms with Gasteiger partial charge in [-0.3, -0.25) is 9.69 Å². The third-order valence-corrected chi connectivity index (χ3v) is 5.68. The summed E-state index contributed by atoms with van der Waals surface area (Å²) in [4.78, 5) is 27.2. The first-order valence-electron chi connectivity index (χ1n) is 10.1. The van der Waals surface area contributed by atoms with Crippen LogP contribution in [0.4, 0.5) is 25.8 Å². The maximum Gasteiger partial charge on any atom is 0.225 e. The number of nitrogens with one attached hydrogen (secondary N) is 2.